The van der Waals surface area contributed by atoms with Crippen molar-refractivity contribution in [3.05, 3.63) is 74.7 Å². The smallest absolute Gasteiger partial charge is 0.222 e. The number of hydrogen-bond donors (Lipinski definition) is 1. The van der Waals surface area contributed by atoms with Crippen LogP contribution in [-0.4, -0.2) is 14.8 Å². The molecule has 4 nitrogen and oxygen atoms in total. The predicted molar refractivity (Wildman–Crippen MR) is 97.4 cm³/mol. The average Bonchev–Trinajstić information content (AvgIpc) is 3.05. The number of rotatable bonds is 2. The topological polar surface area (TPSA) is 42.7 Å². The molecular weight excluding hydrogens is 439 g/mol. The van der Waals surface area contributed by atoms with Gasteiger partial charge in [0.2, 0.25) is 5.95 Å². The van der Waals surface area contributed by atoms with Crippen LogP contribution in [0.1, 0.15) is 29.6 Å². The van der Waals surface area contributed by atoms with Crippen LogP contribution in [0.5, 0.6) is 0 Å². The molecule has 0 aliphatic carbocycles. The Kier molecular flexibility index (Phi) is 4.14. The third-order valence-electron chi connectivity index (χ3n) is 4.20. The number of halogens is 3. The van der Waals surface area contributed by atoms with Crippen molar-refractivity contribution in [1.82, 2.24) is 14.8 Å². The van der Waals surface area contributed by atoms with Crippen molar-refractivity contribution in [2.75, 3.05) is 5.32 Å². The van der Waals surface area contributed by atoms with Gasteiger partial charge in [0.25, 0.3) is 0 Å². The highest BCUT2D eigenvalue weighted by atomic mass is 79.9. The number of anilines is 1. The second kappa shape index (κ2) is 6.29. The molecule has 0 saturated carbocycles. The molecule has 4 rings (SSSR count). The number of nitrogens with zero attached hydrogens (tertiary/aromatic N) is 3. The molecule has 0 unspecified atom stereocenters. The SMILES string of the molecule is Fc1ccc(Br)cc1[C@@H]1C[C@H](c2cccc(Br)c2)Nc2ncnn21. The van der Waals surface area contributed by atoms with Crippen LogP contribution in [0, 0.1) is 5.82 Å². The number of hydrogen-bond acceptors (Lipinski definition) is 3. The second-order valence-electron chi connectivity index (χ2n) is 5.70. The van der Waals surface area contributed by atoms with Gasteiger partial charge in [-0.2, -0.15) is 10.1 Å². The number of fused-ring (bicyclic) bond motifs is 1. The van der Waals surface area contributed by atoms with Crippen molar-refractivity contribution >= 4 is 37.8 Å². The monoisotopic (exact) mass is 450 g/mol. The molecule has 1 aliphatic heterocycles. The first-order valence-electron chi connectivity index (χ1n) is 7.48. The van der Waals surface area contributed by atoms with E-state index in [9.17, 15) is 4.39 Å². The third kappa shape index (κ3) is 2.86. The van der Waals surface area contributed by atoms with Gasteiger partial charge in [0.05, 0.1) is 12.1 Å². The lowest BCUT2D eigenvalue weighted by molar-refractivity contribution is 0.415. The summed E-state index contributed by atoms with van der Waals surface area (Å²) in [5.74, 6) is 0.412. The average molecular weight is 452 g/mol. The van der Waals surface area contributed by atoms with Crippen LogP contribution in [0.4, 0.5) is 10.3 Å². The predicted octanol–water partition coefficient (Wildman–Crippen LogP) is 5.09. The van der Waals surface area contributed by atoms with E-state index in [1.807, 2.05) is 18.2 Å². The van der Waals surface area contributed by atoms with Crippen molar-refractivity contribution in [2.24, 2.45) is 0 Å². The highest BCUT2D eigenvalue weighted by Crippen LogP contribution is 2.39. The molecule has 7 heteroatoms. The van der Waals surface area contributed by atoms with Crippen LogP contribution >= 0.6 is 31.9 Å². The van der Waals surface area contributed by atoms with Gasteiger partial charge in [-0.25, -0.2) is 9.07 Å². The Morgan fingerprint density at radius 2 is 1.96 bits per heavy atom. The fraction of sp³-hybridized carbons (Fsp3) is 0.176. The Hall–Kier alpha value is -1.73. The summed E-state index contributed by atoms with van der Waals surface area (Å²) in [6, 6.07) is 12.9. The number of aromatic nitrogens is 3. The lowest BCUT2D eigenvalue weighted by atomic mass is 9.93. The normalized spacial score (nSPS) is 19.6. The van der Waals surface area contributed by atoms with Gasteiger partial charge in [0.15, 0.2) is 0 Å². The van der Waals surface area contributed by atoms with Gasteiger partial charge in [-0.3, -0.25) is 0 Å². The molecule has 24 heavy (non-hydrogen) atoms. The molecule has 0 bridgehead atoms. The van der Waals surface area contributed by atoms with Gasteiger partial charge in [-0.05, 0) is 42.3 Å². The molecule has 1 aliphatic rings. The molecule has 0 spiro atoms. The minimum absolute atomic E-state index is 0.0302. The Bertz CT molecular complexity index is 896. The molecule has 0 saturated heterocycles. The first kappa shape index (κ1) is 15.8. The highest BCUT2D eigenvalue weighted by molar-refractivity contribution is 9.10. The summed E-state index contributed by atoms with van der Waals surface area (Å²) in [4.78, 5) is 4.28. The Morgan fingerprint density at radius 1 is 1.12 bits per heavy atom. The quantitative estimate of drug-likeness (QED) is 0.590. The zero-order chi connectivity index (χ0) is 16.7. The third-order valence-corrected chi connectivity index (χ3v) is 5.19. The first-order chi connectivity index (χ1) is 11.6. The van der Waals surface area contributed by atoms with Gasteiger partial charge in [0, 0.05) is 14.5 Å². The first-order valence-corrected chi connectivity index (χ1v) is 9.07. The standard InChI is InChI=1S/C17H13Br2FN4/c18-11-3-1-2-10(6-11)15-8-16(24-17(23-15)21-9-22-24)13-7-12(19)4-5-14(13)20/h1-7,9,15-16H,8H2,(H,21,22,23)/t15-,16+/m1/s1. The van der Waals surface area contributed by atoms with E-state index in [4.69, 9.17) is 0 Å². The fourth-order valence-electron chi connectivity index (χ4n) is 3.09. The van der Waals surface area contributed by atoms with Crippen LogP contribution in [0.15, 0.2) is 57.7 Å². The molecule has 0 amide bonds. The van der Waals surface area contributed by atoms with Crippen LogP contribution in [-0.2, 0) is 0 Å². The maximum absolute atomic E-state index is 14.4. The van der Waals surface area contributed by atoms with Gasteiger partial charge in [0.1, 0.15) is 12.1 Å². The largest absolute Gasteiger partial charge is 0.348 e. The van der Waals surface area contributed by atoms with Crippen molar-refractivity contribution < 1.29 is 4.39 Å². The van der Waals surface area contributed by atoms with Crippen molar-refractivity contribution in [1.29, 1.82) is 0 Å². The van der Waals surface area contributed by atoms with Gasteiger partial charge >= 0.3 is 0 Å². The molecule has 1 aromatic heterocycles. The fourth-order valence-corrected chi connectivity index (χ4v) is 3.89. The summed E-state index contributed by atoms with van der Waals surface area (Å²) < 4.78 is 18.0. The molecule has 1 N–H and O–H groups in total. The van der Waals surface area contributed by atoms with E-state index in [-0.39, 0.29) is 17.9 Å². The minimum atomic E-state index is -0.237. The minimum Gasteiger partial charge on any atom is -0.348 e. The Labute approximate surface area is 155 Å². The van der Waals surface area contributed by atoms with E-state index >= 15 is 0 Å². The van der Waals surface area contributed by atoms with Gasteiger partial charge in [-0.1, -0.05) is 44.0 Å². The summed E-state index contributed by atoms with van der Waals surface area (Å²) in [6.07, 6.45) is 2.18. The van der Waals surface area contributed by atoms with Crippen LogP contribution in [0.25, 0.3) is 0 Å². The summed E-state index contributed by atoms with van der Waals surface area (Å²) in [5, 5.41) is 7.67. The molecule has 2 atom stereocenters. The molecule has 2 aromatic carbocycles. The summed E-state index contributed by atoms with van der Waals surface area (Å²) in [6.45, 7) is 0. The van der Waals surface area contributed by atoms with E-state index < -0.39 is 0 Å². The Balaban J connectivity index is 1.78. The zero-order valence-corrected chi connectivity index (χ0v) is 15.6. The zero-order valence-electron chi connectivity index (χ0n) is 12.5. The molecule has 2 heterocycles. The van der Waals surface area contributed by atoms with Crippen LogP contribution in [0.3, 0.4) is 0 Å². The van der Waals surface area contributed by atoms with Crippen molar-refractivity contribution in [3.8, 4) is 0 Å². The number of nitrogens with one attached hydrogen (secondary N) is 1. The molecule has 122 valence electrons. The van der Waals surface area contributed by atoms with E-state index in [0.29, 0.717) is 17.9 Å². The maximum Gasteiger partial charge on any atom is 0.222 e. The lowest BCUT2D eigenvalue weighted by Crippen LogP contribution is -2.28. The summed E-state index contributed by atoms with van der Waals surface area (Å²) in [7, 11) is 0. The van der Waals surface area contributed by atoms with E-state index in [1.54, 1.807) is 10.7 Å². The van der Waals surface area contributed by atoms with Gasteiger partial charge in [-0.15, -0.1) is 0 Å². The van der Waals surface area contributed by atoms with Gasteiger partial charge < -0.3 is 5.32 Å². The molecule has 3 aromatic rings. The van der Waals surface area contributed by atoms with Crippen LogP contribution in [0.2, 0.25) is 0 Å². The lowest BCUT2D eigenvalue weighted by Gasteiger charge is -2.32. The van der Waals surface area contributed by atoms with Crippen molar-refractivity contribution in [3.63, 3.8) is 0 Å². The van der Waals surface area contributed by atoms with E-state index in [0.717, 1.165) is 14.5 Å². The molecule has 0 fully saturated rings. The maximum atomic E-state index is 14.4. The van der Waals surface area contributed by atoms with Crippen molar-refractivity contribution in [2.45, 2.75) is 18.5 Å². The van der Waals surface area contributed by atoms with E-state index in [2.05, 4.69) is 59.4 Å². The molecule has 0 radical (unpaired) electrons. The van der Waals surface area contributed by atoms with E-state index in [1.165, 1.54) is 12.4 Å². The summed E-state index contributed by atoms with van der Waals surface area (Å²) >= 11 is 6.94. The molecular formula is C17H13Br2FN4. The summed E-state index contributed by atoms with van der Waals surface area (Å²) in [5.41, 5.74) is 1.73. The Morgan fingerprint density at radius 3 is 2.79 bits per heavy atom. The van der Waals surface area contributed by atoms with Crippen LogP contribution < -0.4 is 5.32 Å². The number of benzene rings is 2. The highest BCUT2D eigenvalue weighted by Gasteiger charge is 2.31. The second-order valence-corrected chi connectivity index (χ2v) is 7.53.